The molecule has 8 heteroatoms. The number of ether oxygens (including phenoxy) is 1. The fourth-order valence-corrected chi connectivity index (χ4v) is 3.12. The van der Waals surface area contributed by atoms with Crippen LogP contribution in [0.25, 0.3) is 0 Å². The van der Waals surface area contributed by atoms with Crippen molar-refractivity contribution in [3.05, 3.63) is 23.2 Å². The van der Waals surface area contributed by atoms with E-state index in [1.54, 1.807) is 18.2 Å². The Bertz CT molecular complexity index is 540. The lowest BCUT2D eigenvalue weighted by Gasteiger charge is -2.21. The van der Waals surface area contributed by atoms with Crippen molar-refractivity contribution in [2.75, 3.05) is 24.1 Å². The van der Waals surface area contributed by atoms with Crippen LogP contribution in [-0.4, -0.2) is 46.8 Å². The second-order valence-corrected chi connectivity index (χ2v) is 5.51. The van der Waals surface area contributed by atoms with Gasteiger partial charge in [0.15, 0.2) is 0 Å². The van der Waals surface area contributed by atoms with Gasteiger partial charge in [0.05, 0.1) is 18.0 Å². The molecular weight excluding hydrogens is 304 g/mol. The van der Waals surface area contributed by atoms with Gasteiger partial charge in [0, 0.05) is 17.5 Å². The van der Waals surface area contributed by atoms with Crippen LogP contribution < -0.4 is 10.1 Å². The lowest BCUT2D eigenvalue weighted by atomic mass is 10.3. The monoisotopic (exact) mass is 316 g/mol. The van der Waals surface area contributed by atoms with Crippen LogP contribution >= 0.6 is 23.4 Å². The minimum absolute atomic E-state index is 0.355. The number of rotatable bonds is 3. The Kier molecular flexibility index (Phi) is 4.61. The molecule has 0 spiro atoms. The quantitative estimate of drug-likeness (QED) is 0.895. The number of hydrogen-bond acceptors (Lipinski definition) is 4. The van der Waals surface area contributed by atoms with Gasteiger partial charge in [-0.25, -0.2) is 9.59 Å². The number of urea groups is 1. The third-order valence-corrected chi connectivity index (χ3v) is 4.16. The molecule has 2 amide bonds. The molecule has 1 fully saturated rings. The molecular formula is C12H13ClN2O4S. The first kappa shape index (κ1) is 14.8. The van der Waals surface area contributed by atoms with E-state index in [9.17, 15) is 9.59 Å². The zero-order valence-corrected chi connectivity index (χ0v) is 12.2. The summed E-state index contributed by atoms with van der Waals surface area (Å²) < 4.78 is 5.06. The number of methoxy groups -OCH3 is 1. The molecule has 0 aromatic heterocycles. The lowest BCUT2D eigenvalue weighted by Crippen LogP contribution is -2.43. The number of thioether (sulfide) groups is 1. The van der Waals surface area contributed by atoms with Crippen LogP contribution in [-0.2, 0) is 4.79 Å². The first-order chi connectivity index (χ1) is 9.52. The standard InChI is InChI=1S/C12H13ClN2O4S/c1-19-10-4-7(2-3-8(10)13)14-12(18)15-6-20-5-9(15)11(16)17/h2-4,9H,5-6H2,1H3,(H,14,18)(H,16,17)/t9-/m0/s1. The minimum Gasteiger partial charge on any atom is -0.495 e. The highest BCUT2D eigenvalue weighted by Gasteiger charge is 2.34. The molecule has 20 heavy (non-hydrogen) atoms. The van der Waals surface area contributed by atoms with Crippen LogP contribution in [0.3, 0.4) is 0 Å². The Labute approximate surface area is 125 Å². The Balaban J connectivity index is 2.09. The number of carboxylic acids is 1. The summed E-state index contributed by atoms with van der Waals surface area (Å²) in [6.07, 6.45) is 0. The van der Waals surface area contributed by atoms with Crippen molar-refractivity contribution < 1.29 is 19.4 Å². The zero-order valence-electron chi connectivity index (χ0n) is 10.6. The highest BCUT2D eigenvalue weighted by Crippen LogP contribution is 2.28. The third kappa shape index (κ3) is 3.10. The van der Waals surface area contributed by atoms with Gasteiger partial charge in [0.1, 0.15) is 11.8 Å². The van der Waals surface area contributed by atoms with Crippen LogP contribution in [0.5, 0.6) is 5.75 Å². The molecule has 1 atom stereocenters. The average molecular weight is 317 g/mol. The lowest BCUT2D eigenvalue weighted by molar-refractivity contribution is -0.140. The maximum absolute atomic E-state index is 12.1. The van der Waals surface area contributed by atoms with Gasteiger partial charge in [0.2, 0.25) is 0 Å². The fraction of sp³-hybridized carbons (Fsp3) is 0.333. The van der Waals surface area contributed by atoms with Crippen molar-refractivity contribution in [3.63, 3.8) is 0 Å². The Hall–Kier alpha value is -1.60. The van der Waals surface area contributed by atoms with Crippen LogP contribution in [0, 0.1) is 0 Å². The molecule has 1 aromatic rings. The Morgan fingerprint density at radius 3 is 2.95 bits per heavy atom. The first-order valence-corrected chi connectivity index (χ1v) is 7.28. The maximum atomic E-state index is 12.1. The number of carbonyl (C=O) groups excluding carboxylic acids is 1. The zero-order chi connectivity index (χ0) is 14.7. The summed E-state index contributed by atoms with van der Waals surface area (Å²) in [6.45, 7) is 0. The molecule has 0 bridgehead atoms. The number of halogens is 1. The number of carbonyl (C=O) groups is 2. The number of amides is 2. The van der Waals surface area contributed by atoms with Gasteiger partial charge in [-0.15, -0.1) is 11.8 Å². The predicted molar refractivity (Wildman–Crippen MR) is 77.6 cm³/mol. The Morgan fingerprint density at radius 2 is 2.30 bits per heavy atom. The molecule has 6 nitrogen and oxygen atoms in total. The molecule has 1 aliphatic rings. The molecule has 108 valence electrons. The molecule has 1 aliphatic heterocycles. The topological polar surface area (TPSA) is 78.9 Å². The molecule has 0 unspecified atom stereocenters. The molecule has 0 saturated carbocycles. The second-order valence-electron chi connectivity index (χ2n) is 4.10. The van der Waals surface area contributed by atoms with Crippen molar-refractivity contribution in [1.29, 1.82) is 0 Å². The molecule has 2 rings (SSSR count). The largest absolute Gasteiger partial charge is 0.495 e. The summed E-state index contributed by atoms with van der Waals surface area (Å²) in [5, 5.41) is 12.1. The number of anilines is 1. The van der Waals surface area contributed by atoms with Gasteiger partial charge in [0.25, 0.3) is 0 Å². The molecule has 0 radical (unpaired) electrons. The molecule has 1 heterocycles. The summed E-state index contributed by atoms with van der Waals surface area (Å²) in [6, 6.07) is 3.56. The normalized spacial score (nSPS) is 17.9. The number of carboxylic acid groups (broad SMARTS) is 1. The molecule has 1 saturated heterocycles. The summed E-state index contributed by atoms with van der Waals surface area (Å²) in [7, 11) is 1.48. The summed E-state index contributed by atoms with van der Waals surface area (Å²) in [5.74, 6) is 0.189. The number of benzene rings is 1. The van der Waals surface area contributed by atoms with Gasteiger partial charge in [-0.2, -0.15) is 0 Å². The smallest absolute Gasteiger partial charge is 0.327 e. The number of aliphatic carboxylic acids is 1. The van der Waals surface area contributed by atoms with E-state index in [2.05, 4.69) is 5.32 Å². The number of nitrogens with one attached hydrogen (secondary N) is 1. The van der Waals surface area contributed by atoms with Gasteiger partial charge >= 0.3 is 12.0 Å². The molecule has 2 N–H and O–H groups in total. The first-order valence-electron chi connectivity index (χ1n) is 5.74. The molecule has 1 aromatic carbocycles. The van der Waals surface area contributed by atoms with E-state index in [0.717, 1.165) is 0 Å². The van der Waals surface area contributed by atoms with Gasteiger partial charge in [-0.3, -0.25) is 0 Å². The van der Waals surface area contributed by atoms with Crippen molar-refractivity contribution >= 4 is 41.1 Å². The van der Waals surface area contributed by atoms with E-state index in [4.69, 9.17) is 21.4 Å². The number of hydrogen-bond donors (Lipinski definition) is 2. The van der Waals surface area contributed by atoms with Gasteiger partial charge in [-0.05, 0) is 12.1 Å². The predicted octanol–water partition coefficient (Wildman–Crippen LogP) is 2.34. The highest BCUT2D eigenvalue weighted by molar-refractivity contribution is 7.99. The average Bonchev–Trinajstić information content (AvgIpc) is 2.90. The van der Waals surface area contributed by atoms with E-state index in [1.807, 2.05) is 0 Å². The summed E-state index contributed by atoms with van der Waals surface area (Å²) in [5.41, 5.74) is 0.497. The van der Waals surface area contributed by atoms with Crippen LogP contribution in [0.2, 0.25) is 5.02 Å². The minimum atomic E-state index is -1.00. The van der Waals surface area contributed by atoms with Crippen LogP contribution in [0.4, 0.5) is 10.5 Å². The van der Waals surface area contributed by atoms with Crippen LogP contribution in [0.15, 0.2) is 18.2 Å². The fourth-order valence-electron chi connectivity index (χ4n) is 1.78. The highest BCUT2D eigenvalue weighted by atomic mass is 35.5. The van der Waals surface area contributed by atoms with Crippen molar-refractivity contribution in [2.45, 2.75) is 6.04 Å². The maximum Gasteiger partial charge on any atom is 0.327 e. The van der Waals surface area contributed by atoms with E-state index >= 15 is 0 Å². The van der Waals surface area contributed by atoms with Crippen molar-refractivity contribution in [3.8, 4) is 5.75 Å². The van der Waals surface area contributed by atoms with Crippen LogP contribution in [0.1, 0.15) is 0 Å². The second kappa shape index (κ2) is 6.23. The van der Waals surface area contributed by atoms with E-state index in [1.165, 1.54) is 23.8 Å². The van der Waals surface area contributed by atoms with Gasteiger partial charge in [-0.1, -0.05) is 11.6 Å². The van der Waals surface area contributed by atoms with Gasteiger partial charge < -0.3 is 20.1 Å². The molecule has 0 aliphatic carbocycles. The number of nitrogens with zero attached hydrogens (tertiary/aromatic N) is 1. The summed E-state index contributed by atoms with van der Waals surface area (Å²) in [4.78, 5) is 24.4. The van der Waals surface area contributed by atoms with E-state index in [0.29, 0.717) is 28.1 Å². The summed E-state index contributed by atoms with van der Waals surface area (Å²) >= 11 is 7.30. The SMILES string of the molecule is COc1cc(NC(=O)N2CSC[C@H]2C(=O)O)ccc1Cl. The van der Waals surface area contributed by atoms with Crippen molar-refractivity contribution in [2.24, 2.45) is 0 Å². The van der Waals surface area contributed by atoms with E-state index in [-0.39, 0.29) is 0 Å². The van der Waals surface area contributed by atoms with Crippen molar-refractivity contribution in [1.82, 2.24) is 4.90 Å². The third-order valence-electron chi connectivity index (χ3n) is 2.83. The van der Waals surface area contributed by atoms with E-state index < -0.39 is 18.0 Å². The Morgan fingerprint density at radius 1 is 1.55 bits per heavy atom.